The molecule has 2 aromatic rings. The summed E-state index contributed by atoms with van der Waals surface area (Å²) in [6.45, 7) is 2.69. The average Bonchev–Trinajstić information content (AvgIpc) is 2.47. The van der Waals surface area contributed by atoms with Crippen molar-refractivity contribution in [2.24, 2.45) is 5.73 Å². The third-order valence-corrected chi connectivity index (χ3v) is 3.38. The van der Waals surface area contributed by atoms with Gasteiger partial charge in [0, 0.05) is 6.04 Å². The molecule has 0 amide bonds. The largest absolute Gasteiger partial charge is 0.497 e. The van der Waals surface area contributed by atoms with E-state index in [-0.39, 0.29) is 6.04 Å². The van der Waals surface area contributed by atoms with Gasteiger partial charge in [-0.3, -0.25) is 0 Å². The Kier molecular flexibility index (Phi) is 5.64. The second-order valence-electron chi connectivity index (χ2n) is 5.27. The van der Waals surface area contributed by atoms with Crippen LogP contribution in [0.3, 0.4) is 0 Å². The van der Waals surface area contributed by atoms with Gasteiger partial charge in [0.1, 0.15) is 11.5 Å². The Morgan fingerprint density at radius 1 is 1.05 bits per heavy atom. The first-order valence-corrected chi connectivity index (χ1v) is 7.25. The molecular formula is C18H23NO2. The standard InChI is InChI=1S/C18H23NO2/c1-14-5-3-8-18(11-14)21-10-9-16(19)12-15-6-4-7-17(13-15)20-2/h3-8,11,13,16H,9-10,12,19H2,1-2H3. The lowest BCUT2D eigenvalue weighted by atomic mass is 10.0. The van der Waals surface area contributed by atoms with Crippen LogP contribution in [-0.4, -0.2) is 19.8 Å². The van der Waals surface area contributed by atoms with Gasteiger partial charge in [0.2, 0.25) is 0 Å². The molecule has 0 radical (unpaired) electrons. The fourth-order valence-electron chi connectivity index (χ4n) is 2.24. The van der Waals surface area contributed by atoms with E-state index in [1.165, 1.54) is 11.1 Å². The molecule has 0 fully saturated rings. The SMILES string of the molecule is COc1cccc(CC(N)CCOc2cccc(C)c2)c1. The molecule has 0 saturated carbocycles. The number of hydrogen-bond donors (Lipinski definition) is 1. The summed E-state index contributed by atoms with van der Waals surface area (Å²) in [5.41, 5.74) is 8.56. The van der Waals surface area contributed by atoms with Gasteiger partial charge in [-0.25, -0.2) is 0 Å². The van der Waals surface area contributed by atoms with Gasteiger partial charge in [-0.15, -0.1) is 0 Å². The molecule has 0 heterocycles. The van der Waals surface area contributed by atoms with Crippen molar-refractivity contribution in [1.82, 2.24) is 0 Å². The Morgan fingerprint density at radius 3 is 2.57 bits per heavy atom. The van der Waals surface area contributed by atoms with Crippen molar-refractivity contribution in [3.05, 3.63) is 59.7 Å². The quantitative estimate of drug-likeness (QED) is 0.848. The maximum atomic E-state index is 6.17. The summed E-state index contributed by atoms with van der Waals surface area (Å²) in [5.74, 6) is 1.78. The molecule has 112 valence electrons. The minimum absolute atomic E-state index is 0.0851. The van der Waals surface area contributed by atoms with Crippen LogP contribution in [0.4, 0.5) is 0 Å². The molecule has 2 rings (SSSR count). The lowest BCUT2D eigenvalue weighted by molar-refractivity contribution is 0.297. The van der Waals surface area contributed by atoms with Crippen molar-refractivity contribution in [2.75, 3.05) is 13.7 Å². The molecule has 2 aromatic carbocycles. The molecular weight excluding hydrogens is 262 g/mol. The van der Waals surface area contributed by atoms with Crippen LogP contribution in [0.25, 0.3) is 0 Å². The van der Waals surface area contributed by atoms with Gasteiger partial charge >= 0.3 is 0 Å². The zero-order valence-corrected chi connectivity index (χ0v) is 12.7. The van der Waals surface area contributed by atoms with Crippen LogP contribution in [0.2, 0.25) is 0 Å². The third kappa shape index (κ3) is 5.12. The van der Waals surface area contributed by atoms with E-state index in [2.05, 4.69) is 19.1 Å². The Hall–Kier alpha value is -2.00. The molecule has 1 atom stereocenters. The monoisotopic (exact) mass is 285 g/mol. The molecule has 0 spiro atoms. The van der Waals surface area contributed by atoms with Gasteiger partial charge in [-0.2, -0.15) is 0 Å². The van der Waals surface area contributed by atoms with E-state index in [4.69, 9.17) is 15.2 Å². The molecule has 0 aromatic heterocycles. The molecule has 3 nitrogen and oxygen atoms in total. The van der Waals surface area contributed by atoms with Gasteiger partial charge in [0.15, 0.2) is 0 Å². The van der Waals surface area contributed by atoms with Crippen LogP contribution in [-0.2, 0) is 6.42 Å². The minimum atomic E-state index is 0.0851. The van der Waals surface area contributed by atoms with Crippen molar-refractivity contribution >= 4 is 0 Å². The number of rotatable bonds is 7. The molecule has 1 unspecified atom stereocenters. The second kappa shape index (κ2) is 7.70. The van der Waals surface area contributed by atoms with E-state index in [9.17, 15) is 0 Å². The minimum Gasteiger partial charge on any atom is -0.497 e. The number of aryl methyl sites for hydroxylation is 1. The van der Waals surface area contributed by atoms with Crippen LogP contribution in [0.5, 0.6) is 11.5 Å². The maximum absolute atomic E-state index is 6.17. The van der Waals surface area contributed by atoms with Crippen LogP contribution < -0.4 is 15.2 Å². The van der Waals surface area contributed by atoms with Crippen LogP contribution in [0.1, 0.15) is 17.5 Å². The first-order chi connectivity index (χ1) is 10.2. The highest BCUT2D eigenvalue weighted by molar-refractivity contribution is 5.29. The van der Waals surface area contributed by atoms with Crippen molar-refractivity contribution in [2.45, 2.75) is 25.8 Å². The highest BCUT2D eigenvalue weighted by Crippen LogP contribution is 2.15. The zero-order valence-electron chi connectivity index (χ0n) is 12.7. The molecule has 0 aliphatic carbocycles. The molecule has 0 aliphatic heterocycles. The average molecular weight is 285 g/mol. The number of hydrogen-bond acceptors (Lipinski definition) is 3. The van der Waals surface area contributed by atoms with E-state index in [1.54, 1.807) is 7.11 Å². The molecule has 3 heteroatoms. The summed E-state index contributed by atoms with van der Waals surface area (Å²) in [6, 6.07) is 16.2. The normalized spacial score (nSPS) is 12.0. The Morgan fingerprint density at radius 2 is 1.81 bits per heavy atom. The lowest BCUT2D eigenvalue weighted by Gasteiger charge is -2.13. The predicted molar refractivity (Wildman–Crippen MR) is 86.0 cm³/mol. The predicted octanol–water partition coefficient (Wildman–Crippen LogP) is 3.34. The summed E-state index contributed by atoms with van der Waals surface area (Å²) in [7, 11) is 1.68. The summed E-state index contributed by atoms with van der Waals surface area (Å²) in [4.78, 5) is 0. The van der Waals surface area contributed by atoms with Crippen LogP contribution in [0, 0.1) is 6.92 Å². The molecule has 2 N–H and O–H groups in total. The van der Waals surface area contributed by atoms with Gasteiger partial charge in [0.25, 0.3) is 0 Å². The first-order valence-electron chi connectivity index (χ1n) is 7.25. The van der Waals surface area contributed by atoms with E-state index in [0.29, 0.717) is 6.61 Å². The number of nitrogens with two attached hydrogens (primary N) is 1. The van der Waals surface area contributed by atoms with E-state index in [1.807, 2.05) is 36.4 Å². The zero-order chi connectivity index (χ0) is 15.1. The topological polar surface area (TPSA) is 44.5 Å². The highest BCUT2D eigenvalue weighted by atomic mass is 16.5. The van der Waals surface area contributed by atoms with Gasteiger partial charge in [-0.05, 0) is 55.2 Å². The fraction of sp³-hybridized carbons (Fsp3) is 0.333. The summed E-state index contributed by atoms with van der Waals surface area (Å²) in [6.07, 6.45) is 1.65. The third-order valence-electron chi connectivity index (χ3n) is 3.38. The van der Waals surface area contributed by atoms with Crippen molar-refractivity contribution in [3.63, 3.8) is 0 Å². The fourth-order valence-corrected chi connectivity index (χ4v) is 2.24. The lowest BCUT2D eigenvalue weighted by Crippen LogP contribution is -2.25. The smallest absolute Gasteiger partial charge is 0.119 e. The Bertz CT molecular complexity index is 569. The number of benzene rings is 2. The molecule has 0 aliphatic rings. The summed E-state index contributed by atoms with van der Waals surface area (Å²) >= 11 is 0. The van der Waals surface area contributed by atoms with E-state index in [0.717, 1.165) is 24.3 Å². The summed E-state index contributed by atoms with van der Waals surface area (Å²) < 4.78 is 11.0. The molecule has 0 bridgehead atoms. The number of methoxy groups -OCH3 is 1. The van der Waals surface area contributed by atoms with Gasteiger partial charge in [-0.1, -0.05) is 24.3 Å². The maximum Gasteiger partial charge on any atom is 0.119 e. The van der Waals surface area contributed by atoms with Crippen LogP contribution >= 0.6 is 0 Å². The van der Waals surface area contributed by atoms with Crippen LogP contribution in [0.15, 0.2) is 48.5 Å². The van der Waals surface area contributed by atoms with Gasteiger partial charge < -0.3 is 15.2 Å². The number of ether oxygens (including phenoxy) is 2. The highest BCUT2D eigenvalue weighted by Gasteiger charge is 2.06. The Labute approximate surface area is 126 Å². The molecule has 0 saturated heterocycles. The summed E-state index contributed by atoms with van der Waals surface area (Å²) in [5, 5.41) is 0. The Balaban J connectivity index is 1.78. The molecule has 21 heavy (non-hydrogen) atoms. The van der Waals surface area contributed by atoms with Crippen molar-refractivity contribution in [1.29, 1.82) is 0 Å². The van der Waals surface area contributed by atoms with E-state index < -0.39 is 0 Å². The van der Waals surface area contributed by atoms with E-state index >= 15 is 0 Å². The first kappa shape index (κ1) is 15.4. The van der Waals surface area contributed by atoms with Gasteiger partial charge in [0.05, 0.1) is 13.7 Å². The van der Waals surface area contributed by atoms with Crippen molar-refractivity contribution < 1.29 is 9.47 Å². The second-order valence-corrected chi connectivity index (χ2v) is 5.27. The van der Waals surface area contributed by atoms with Crippen molar-refractivity contribution in [3.8, 4) is 11.5 Å².